The summed E-state index contributed by atoms with van der Waals surface area (Å²) in [6.07, 6.45) is 12.9. The first-order chi connectivity index (χ1) is 9.23. The highest BCUT2D eigenvalue weighted by atomic mass is 15.3. The average Bonchev–Trinajstić information content (AvgIpc) is 3.27. The molecule has 0 spiro atoms. The van der Waals surface area contributed by atoms with E-state index in [0.717, 1.165) is 18.0 Å². The second-order valence-electron chi connectivity index (χ2n) is 7.48. The van der Waals surface area contributed by atoms with Crippen LogP contribution in [-0.2, 0) is 0 Å². The normalized spacial score (nSPS) is 38.5. The van der Waals surface area contributed by atoms with Crippen LogP contribution < -0.4 is 5.32 Å². The van der Waals surface area contributed by atoms with Crippen molar-refractivity contribution in [2.75, 3.05) is 13.1 Å². The molecule has 0 amide bonds. The Bertz CT molecular complexity index is 289. The van der Waals surface area contributed by atoms with Gasteiger partial charge in [-0.15, -0.1) is 0 Å². The summed E-state index contributed by atoms with van der Waals surface area (Å²) in [6.45, 7) is 7.38. The van der Waals surface area contributed by atoms with Gasteiger partial charge in [-0.05, 0) is 44.9 Å². The van der Waals surface area contributed by atoms with Gasteiger partial charge in [-0.1, -0.05) is 32.6 Å². The van der Waals surface area contributed by atoms with Crippen LogP contribution in [0.25, 0.3) is 0 Å². The highest BCUT2D eigenvalue weighted by molar-refractivity contribution is 5.05. The minimum atomic E-state index is 0.418. The summed E-state index contributed by atoms with van der Waals surface area (Å²) in [7, 11) is 0. The van der Waals surface area contributed by atoms with Crippen LogP contribution in [0.15, 0.2) is 0 Å². The third kappa shape index (κ3) is 3.00. The van der Waals surface area contributed by atoms with Crippen LogP contribution in [0.2, 0.25) is 0 Å². The standard InChI is InChI=1S/C17H32N2/c1-3-7-16-12-18-17(2,14-10-11-14)13-19(16)15-8-5-4-6-9-15/h14-16,18H,3-13H2,1-2H3. The molecule has 1 N–H and O–H groups in total. The van der Waals surface area contributed by atoms with Gasteiger partial charge in [0.1, 0.15) is 0 Å². The lowest BCUT2D eigenvalue weighted by Crippen LogP contribution is -2.66. The number of hydrogen-bond donors (Lipinski definition) is 1. The fourth-order valence-corrected chi connectivity index (χ4v) is 4.47. The second-order valence-corrected chi connectivity index (χ2v) is 7.48. The predicted molar refractivity (Wildman–Crippen MR) is 81.4 cm³/mol. The number of nitrogens with one attached hydrogen (secondary N) is 1. The van der Waals surface area contributed by atoms with Gasteiger partial charge in [0.15, 0.2) is 0 Å². The fourth-order valence-electron chi connectivity index (χ4n) is 4.47. The Hall–Kier alpha value is -0.0800. The van der Waals surface area contributed by atoms with Crippen LogP contribution >= 0.6 is 0 Å². The number of nitrogens with zero attached hydrogens (tertiary/aromatic N) is 1. The van der Waals surface area contributed by atoms with Crippen molar-refractivity contribution in [3.8, 4) is 0 Å². The van der Waals surface area contributed by atoms with Gasteiger partial charge in [0.05, 0.1) is 0 Å². The molecule has 2 atom stereocenters. The van der Waals surface area contributed by atoms with E-state index in [4.69, 9.17) is 0 Å². The van der Waals surface area contributed by atoms with E-state index < -0.39 is 0 Å². The molecule has 1 heterocycles. The first-order valence-electron chi connectivity index (χ1n) is 8.74. The summed E-state index contributed by atoms with van der Waals surface area (Å²) in [5.41, 5.74) is 0.418. The molecule has 1 aliphatic heterocycles. The summed E-state index contributed by atoms with van der Waals surface area (Å²) in [5, 5.41) is 3.92. The maximum atomic E-state index is 3.92. The Morgan fingerprint density at radius 1 is 1.11 bits per heavy atom. The molecule has 0 aromatic rings. The summed E-state index contributed by atoms with van der Waals surface area (Å²) in [6, 6.07) is 1.70. The van der Waals surface area contributed by atoms with Crippen molar-refractivity contribution in [3.63, 3.8) is 0 Å². The fraction of sp³-hybridized carbons (Fsp3) is 1.00. The van der Waals surface area contributed by atoms with Gasteiger partial charge in [-0.3, -0.25) is 4.90 Å². The van der Waals surface area contributed by atoms with E-state index in [1.54, 1.807) is 0 Å². The molecule has 3 aliphatic rings. The van der Waals surface area contributed by atoms with Crippen LogP contribution in [-0.4, -0.2) is 35.6 Å². The Kier molecular flexibility index (Phi) is 4.19. The average molecular weight is 264 g/mol. The minimum absolute atomic E-state index is 0.418. The first-order valence-corrected chi connectivity index (χ1v) is 8.74. The van der Waals surface area contributed by atoms with Crippen molar-refractivity contribution in [2.24, 2.45) is 5.92 Å². The molecule has 2 nitrogen and oxygen atoms in total. The molecule has 1 saturated heterocycles. The molecule has 3 rings (SSSR count). The van der Waals surface area contributed by atoms with Crippen LogP contribution in [0.3, 0.4) is 0 Å². The van der Waals surface area contributed by atoms with Crippen molar-refractivity contribution in [1.29, 1.82) is 0 Å². The van der Waals surface area contributed by atoms with E-state index in [1.165, 1.54) is 70.9 Å². The lowest BCUT2D eigenvalue weighted by atomic mass is 9.85. The first kappa shape index (κ1) is 13.9. The SMILES string of the molecule is CCCC1CNC(C)(C2CC2)CN1C1CCCCC1. The van der Waals surface area contributed by atoms with E-state index in [1.807, 2.05) is 0 Å². The Morgan fingerprint density at radius 3 is 2.47 bits per heavy atom. The van der Waals surface area contributed by atoms with Crippen molar-refractivity contribution < 1.29 is 0 Å². The van der Waals surface area contributed by atoms with Gasteiger partial charge < -0.3 is 5.32 Å². The summed E-state index contributed by atoms with van der Waals surface area (Å²) >= 11 is 0. The maximum Gasteiger partial charge on any atom is 0.0309 e. The minimum Gasteiger partial charge on any atom is -0.308 e. The van der Waals surface area contributed by atoms with E-state index >= 15 is 0 Å². The van der Waals surface area contributed by atoms with E-state index in [-0.39, 0.29) is 0 Å². The Morgan fingerprint density at radius 2 is 1.84 bits per heavy atom. The zero-order valence-electron chi connectivity index (χ0n) is 13.0. The van der Waals surface area contributed by atoms with Crippen LogP contribution in [0.4, 0.5) is 0 Å². The Labute approximate surface area is 119 Å². The molecule has 2 unspecified atom stereocenters. The lowest BCUT2D eigenvalue weighted by molar-refractivity contribution is 0.0209. The molecule has 3 fully saturated rings. The van der Waals surface area contributed by atoms with Gasteiger partial charge in [0.2, 0.25) is 0 Å². The quantitative estimate of drug-likeness (QED) is 0.835. The van der Waals surface area contributed by atoms with Gasteiger partial charge in [-0.25, -0.2) is 0 Å². The zero-order chi connectivity index (χ0) is 13.3. The zero-order valence-corrected chi connectivity index (χ0v) is 13.0. The second kappa shape index (κ2) is 5.73. The smallest absolute Gasteiger partial charge is 0.0309 e. The molecule has 2 aliphatic carbocycles. The molecular formula is C17H32N2. The molecule has 19 heavy (non-hydrogen) atoms. The third-order valence-electron chi connectivity index (χ3n) is 5.87. The topological polar surface area (TPSA) is 15.3 Å². The van der Waals surface area contributed by atoms with Crippen molar-refractivity contribution in [3.05, 3.63) is 0 Å². The molecule has 0 aromatic heterocycles. The van der Waals surface area contributed by atoms with Crippen molar-refractivity contribution >= 4 is 0 Å². The largest absolute Gasteiger partial charge is 0.308 e. The lowest BCUT2D eigenvalue weighted by Gasteiger charge is -2.50. The molecule has 2 saturated carbocycles. The van der Waals surface area contributed by atoms with Crippen molar-refractivity contribution in [2.45, 2.75) is 89.3 Å². The molecular weight excluding hydrogens is 232 g/mol. The maximum absolute atomic E-state index is 3.92. The van der Waals surface area contributed by atoms with Gasteiger partial charge in [0, 0.05) is 30.7 Å². The van der Waals surface area contributed by atoms with E-state index in [9.17, 15) is 0 Å². The van der Waals surface area contributed by atoms with Gasteiger partial charge in [-0.2, -0.15) is 0 Å². The van der Waals surface area contributed by atoms with Gasteiger partial charge in [0.25, 0.3) is 0 Å². The molecule has 110 valence electrons. The number of piperazine rings is 1. The van der Waals surface area contributed by atoms with Gasteiger partial charge >= 0.3 is 0 Å². The molecule has 0 aromatic carbocycles. The predicted octanol–water partition coefficient (Wildman–Crippen LogP) is 3.56. The van der Waals surface area contributed by atoms with E-state index in [0.29, 0.717) is 5.54 Å². The molecule has 0 radical (unpaired) electrons. The highest BCUT2D eigenvalue weighted by Crippen LogP contribution is 2.42. The summed E-state index contributed by atoms with van der Waals surface area (Å²) < 4.78 is 0. The van der Waals surface area contributed by atoms with E-state index in [2.05, 4.69) is 24.1 Å². The Balaban J connectivity index is 1.69. The number of hydrogen-bond acceptors (Lipinski definition) is 2. The summed E-state index contributed by atoms with van der Waals surface area (Å²) in [4.78, 5) is 2.93. The van der Waals surface area contributed by atoms with Crippen molar-refractivity contribution in [1.82, 2.24) is 10.2 Å². The molecule has 2 heteroatoms. The van der Waals surface area contributed by atoms with Crippen LogP contribution in [0.5, 0.6) is 0 Å². The van der Waals surface area contributed by atoms with Crippen LogP contribution in [0, 0.1) is 5.92 Å². The van der Waals surface area contributed by atoms with Crippen LogP contribution in [0.1, 0.15) is 71.6 Å². The summed E-state index contributed by atoms with van der Waals surface area (Å²) in [5.74, 6) is 0.959. The number of rotatable bonds is 4. The highest BCUT2D eigenvalue weighted by Gasteiger charge is 2.47. The third-order valence-corrected chi connectivity index (χ3v) is 5.87. The molecule has 0 bridgehead atoms. The monoisotopic (exact) mass is 264 g/mol.